The maximum Gasteiger partial charge on any atom is 0.416 e. The lowest BCUT2D eigenvalue weighted by atomic mass is 10.2. The molecule has 0 saturated heterocycles. The van der Waals surface area contributed by atoms with Crippen LogP contribution in [0.3, 0.4) is 0 Å². The van der Waals surface area contributed by atoms with Crippen LogP contribution in [0.15, 0.2) is 24.3 Å². The summed E-state index contributed by atoms with van der Waals surface area (Å²) in [6.07, 6.45) is -1.37. The summed E-state index contributed by atoms with van der Waals surface area (Å²) < 4.78 is 23.7. The van der Waals surface area contributed by atoms with E-state index < -0.39 is 19.7 Å². The van der Waals surface area contributed by atoms with Gasteiger partial charge in [0.2, 0.25) is 0 Å². The van der Waals surface area contributed by atoms with Crippen molar-refractivity contribution in [3.63, 3.8) is 0 Å². The van der Waals surface area contributed by atoms with E-state index in [1.165, 1.54) is 12.1 Å². The second-order valence-corrected chi connectivity index (χ2v) is 7.00. The van der Waals surface area contributed by atoms with Crippen LogP contribution in [0.1, 0.15) is 29.9 Å². The Bertz CT molecular complexity index is 817. The van der Waals surface area contributed by atoms with Crippen molar-refractivity contribution in [3.8, 4) is 0 Å². The topological polar surface area (TPSA) is 115 Å². The summed E-state index contributed by atoms with van der Waals surface area (Å²) in [7, 11) is -3.30. The van der Waals surface area contributed by atoms with Gasteiger partial charge in [-0.05, 0) is 37.6 Å². The monoisotopic (exact) mass is 355 g/mol. The van der Waals surface area contributed by atoms with Gasteiger partial charge in [0.1, 0.15) is 5.69 Å². The fourth-order valence-corrected chi connectivity index (χ4v) is 4.16. The van der Waals surface area contributed by atoms with Gasteiger partial charge in [0.15, 0.2) is 0 Å². The van der Waals surface area contributed by atoms with Gasteiger partial charge in [-0.15, -0.1) is 0 Å². The van der Waals surface area contributed by atoms with E-state index in [4.69, 9.17) is 14.2 Å². The maximum absolute atomic E-state index is 12.6. The molecule has 0 saturated carbocycles. The fraction of sp³-hybridized carbons (Fsp3) is 0.333. The summed E-state index contributed by atoms with van der Waals surface area (Å²) in [6, 6.07) is 5.92. The molecular formula is C15H18NO7P. The molecule has 0 fully saturated rings. The number of carbonyl (C=O) groups is 2. The lowest BCUT2D eigenvalue weighted by Gasteiger charge is -2.17. The molecule has 0 aliphatic rings. The van der Waals surface area contributed by atoms with Gasteiger partial charge in [-0.2, -0.15) is 0 Å². The maximum atomic E-state index is 12.6. The van der Waals surface area contributed by atoms with Crippen LogP contribution in [-0.4, -0.2) is 40.1 Å². The Hall–Kier alpha value is -2.15. The predicted octanol–water partition coefficient (Wildman–Crippen LogP) is 3.63. The van der Waals surface area contributed by atoms with Crippen LogP contribution < -0.4 is 0 Å². The van der Waals surface area contributed by atoms with E-state index in [-0.39, 0.29) is 30.6 Å². The van der Waals surface area contributed by atoms with Crippen molar-refractivity contribution in [2.45, 2.75) is 20.0 Å². The van der Waals surface area contributed by atoms with E-state index in [0.717, 1.165) is 0 Å². The summed E-state index contributed by atoms with van der Waals surface area (Å²) in [5, 5.41) is 18.8. The molecule has 130 valence electrons. The van der Waals surface area contributed by atoms with Gasteiger partial charge in [0, 0.05) is 5.39 Å². The fourth-order valence-electron chi connectivity index (χ4n) is 2.47. The molecule has 1 aromatic carbocycles. The summed E-state index contributed by atoms with van der Waals surface area (Å²) in [5.74, 6) is -1.34. The first-order valence-corrected chi connectivity index (χ1v) is 9.03. The van der Waals surface area contributed by atoms with Gasteiger partial charge in [-0.1, -0.05) is 6.07 Å². The van der Waals surface area contributed by atoms with Crippen molar-refractivity contribution in [2.75, 3.05) is 13.2 Å². The van der Waals surface area contributed by atoms with Crippen molar-refractivity contribution in [1.82, 2.24) is 4.57 Å². The van der Waals surface area contributed by atoms with Gasteiger partial charge < -0.3 is 19.3 Å². The zero-order valence-corrected chi connectivity index (χ0v) is 14.2. The number of fused-ring (bicyclic) bond motifs is 1. The summed E-state index contributed by atoms with van der Waals surface area (Å²) in [4.78, 5) is 22.5. The van der Waals surface area contributed by atoms with Gasteiger partial charge in [-0.25, -0.2) is 14.2 Å². The molecule has 0 radical (unpaired) electrons. The number of carboxylic acids is 1. The zero-order chi connectivity index (χ0) is 17.9. The van der Waals surface area contributed by atoms with Gasteiger partial charge in [0.05, 0.1) is 24.9 Å². The Morgan fingerprint density at radius 1 is 1.12 bits per heavy atom. The smallest absolute Gasteiger partial charge is 0.416 e. The number of rotatable bonds is 7. The molecule has 0 bridgehead atoms. The Morgan fingerprint density at radius 3 is 2.25 bits per heavy atom. The predicted molar refractivity (Wildman–Crippen MR) is 86.9 cm³/mol. The highest BCUT2D eigenvalue weighted by molar-refractivity contribution is 7.53. The Kier molecular flexibility index (Phi) is 5.43. The molecule has 0 aliphatic heterocycles. The molecule has 2 aromatic rings. The molecular weight excluding hydrogens is 337 g/mol. The van der Waals surface area contributed by atoms with Crippen molar-refractivity contribution < 1.29 is 33.4 Å². The Balaban J connectivity index is 2.47. The average molecular weight is 355 g/mol. The average Bonchev–Trinajstić information content (AvgIpc) is 2.86. The highest BCUT2D eigenvalue weighted by atomic mass is 31.2. The molecule has 2 rings (SSSR count). The zero-order valence-electron chi connectivity index (χ0n) is 13.3. The Morgan fingerprint density at radius 2 is 1.75 bits per heavy atom. The third-order valence-electron chi connectivity index (χ3n) is 3.30. The van der Waals surface area contributed by atoms with E-state index in [1.54, 1.807) is 26.0 Å². The van der Waals surface area contributed by atoms with E-state index in [0.29, 0.717) is 15.5 Å². The van der Waals surface area contributed by atoms with Crippen LogP contribution in [0, 0.1) is 0 Å². The molecule has 0 spiro atoms. The minimum absolute atomic E-state index is 0.0191. The molecule has 9 heteroatoms. The third kappa shape index (κ3) is 3.67. The van der Waals surface area contributed by atoms with Crippen LogP contribution in [0.4, 0.5) is 4.79 Å². The van der Waals surface area contributed by atoms with Crippen LogP contribution in [0.2, 0.25) is 0 Å². The SMILES string of the molecule is CCOP(=O)(Cc1ccc2c(c1)cc(C(=O)O)n2C(=O)O)OCC. The number of benzene rings is 1. The van der Waals surface area contributed by atoms with E-state index in [2.05, 4.69) is 0 Å². The van der Waals surface area contributed by atoms with Crippen LogP contribution in [-0.2, 0) is 19.8 Å². The molecule has 2 N–H and O–H groups in total. The minimum Gasteiger partial charge on any atom is -0.477 e. The molecule has 0 atom stereocenters. The summed E-state index contributed by atoms with van der Waals surface area (Å²) >= 11 is 0. The highest BCUT2D eigenvalue weighted by Crippen LogP contribution is 2.51. The van der Waals surface area contributed by atoms with E-state index >= 15 is 0 Å². The highest BCUT2D eigenvalue weighted by Gasteiger charge is 2.25. The molecule has 24 heavy (non-hydrogen) atoms. The number of nitrogens with zero attached hydrogens (tertiary/aromatic N) is 1. The van der Waals surface area contributed by atoms with Gasteiger partial charge >= 0.3 is 19.7 Å². The lowest BCUT2D eigenvalue weighted by molar-refractivity contribution is 0.0684. The first-order valence-electron chi connectivity index (χ1n) is 7.30. The van der Waals surface area contributed by atoms with Crippen molar-refractivity contribution >= 4 is 30.6 Å². The lowest BCUT2D eigenvalue weighted by Crippen LogP contribution is -2.14. The summed E-state index contributed by atoms with van der Waals surface area (Å²) in [5.41, 5.74) is 0.492. The number of aromatic carboxylic acids is 1. The molecule has 1 aromatic heterocycles. The van der Waals surface area contributed by atoms with E-state index in [1.807, 2.05) is 0 Å². The quantitative estimate of drug-likeness (QED) is 0.729. The van der Waals surface area contributed by atoms with Crippen LogP contribution >= 0.6 is 7.60 Å². The first kappa shape index (κ1) is 18.2. The minimum atomic E-state index is -3.30. The van der Waals surface area contributed by atoms with Crippen LogP contribution in [0.5, 0.6) is 0 Å². The number of hydrogen-bond donors (Lipinski definition) is 2. The molecule has 1 heterocycles. The van der Waals surface area contributed by atoms with E-state index in [9.17, 15) is 19.3 Å². The molecule has 0 amide bonds. The van der Waals surface area contributed by atoms with Crippen molar-refractivity contribution in [3.05, 3.63) is 35.5 Å². The second-order valence-electron chi connectivity index (χ2n) is 4.95. The van der Waals surface area contributed by atoms with Crippen molar-refractivity contribution in [2.24, 2.45) is 0 Å². The standard InChI is InChI=1S/C15H18NO7P/c1-3-22-24(21,23-4-2)9-10-5-6-12-11(7-10)8-13(14(17)18)16(12)15(19)20/h5-8H,3-4,9H2,1-2H3,(H,17,18)(H,19,20). The summed E-state index contributed by atoms with van der Waals surface area (Å²) in [6.45, 7) is 3.89. The van der Waals surface area contributed by atoms with Gasteiger partial charge in [-0.3, -0.25) is 4.57 Å². The Labute approximate surface area is 138 Å². The third-order valence-corrected chi connectivity index (χ3v) is 5.36. The van der Waals surface area contributed by atoms with Crippen LogP contribution in [0.25, 0.3) is 10.9 Å². The number of aromatic nitrogens is 1. The first-order chi connectivity index (χ1) is 11.3. The number of hydrogen-bond acceptors (Lipinski definition) is 5. The van der Waals surface area contributed by atoms with Crippen molar-refractivity contribution in [1.29, 1.82) is 0 Å². The van der Waals surface area contributed by atoms with Gasteiger partial charge in [0.25, 0.3) is 0 Å². The normalized spacial score (nSPS) is 11.8. The molecule has 0 unspecified atom stereocenters. The molecule has 0 aliphatic carbocycles. The second kappa shape index (κ2) is 7.17. The number of carboxylic acid groups (broad SMARTS) is 2. The molecule has 8 nitrogen and oxygen atoms in total. The largest absolute Gasteiger partial charge is 0.477 e.